The van der Waals surface area contributed by atoms with Crippen molar-refractivity contribution in [1.82, 2.24) is 4.90 Å². The second-order valence-electron chi connectivity index (χ2n) is 4.95. The second kappa shape index (κ2) is 5.15. The molecule has 2 unspecified atom stereocenters. The molecule has 0 aromatic rings. The van der Waals surface area contributed by atoms with Gasteiger partial charge in [-0.1, -0.05) is 34.8 Å². The smallest absolute Gasteiger partial charge is 0.314 e. The van der Waals surface area contributed by atoms with Crippen LogP contribution in [0.4, 0.5) is 0 Å². The highest BCUT2D eigenvalue weighted by Gasteiger charge is 2.54. The van der Waals surface area contributed by atoms with Crippen molar-refractivity contribution in [3.05, 3.63) is 0 Å². The summed E-state index contributed by atoms with van der Waals surface area (Å²) >= 11 is 18.1. The van der Waals surface area contributed by atoms with Crippen LogP contribution in [0.25, 0.3) is 0 Å². The summed E-state index contributed by atoms with van der Waals surface area (Å²) in [5.74, 6) is -0.0935. The first kappa shape index (κ1) is 15.5. The zero-order chi connectivity index (χ0) is 14.4. The number of nitrogens with two attached hydrogens (primary N) is 1. The summed E-state index contributed by atoms with van der Waals surface area (Å²) in [4.78, 5) is 25.2. The molecule has 19 heavy (non-hydrogen) atoms. The quantitative estimate of drug-likeness (QED) is 0.461. The lowest BCUT2D eigenvalue weighted by Crippen LogP contribution is -2.71. The fraction of sp³-hybridized carbons (Fsp3) is 0.800. The lowest BCUT2D eigenvalue weighted by Gasteiger charge is -2.52. The van der Waals surface area contributed by atoms with Gasteiger partial charge < -0.3 is 15.4 Å². The van der Waals surface area contributed by atoms with Gasteiger partial charge in [-0.2, -0.15) is 0 Å². The predicted molar refractivity (Wildman–Crippen MR) is 75.3 cm³/mol. The highest BCUT2D eigenvalue weighted by Crippen LogP contribution is 2.42. The first-order chi connectivity index (χ1) is 8.64. The van der Waals surface area contributed by atoms with Gasteiger partial charge in [0, 0.05) is 12.3 Å². The summed E-state index contributed by atoms with van der Waals surface area (Å²) < 4.78 is 3.37. The molecule has 1 amide bonds. The standard InChI is InChI=1S/C10H13Cl3N2O3S/c1-9(8(17)18-3-10(11,12)13)2-15-6(16)5(14)7(15)19-4-9/h5,7H,2-4,14H2,1H3/t5?,7-,9?/m1/s1. The number of esters is 1. The zero-order valence-corrected chi connectivity index (χ0v) is 13.2. The maximum atomic E-state index is 12.1. The first-order valence-electron chi connectivity index (χ1n) is 5.56. The average molecular weight is 348 g/mol. The van der Waals surface area contributed by atoms with E-state index in [0.29, 0.717) is 5.75 Å². The lowest BCUT2D eigenvalue weighted by atomic mass is 9.89. The molecular weight excluding hydrogens is 335 g/mol. The number of nitrogens with zero attached hydrogens (tertiary/aromatic N) is 1. The van der Waals surface area contributed by atoms with E-state index in [-0.39, 0.29) is 24.4 Å². The van der Waals surface area contributed by atoms with E-state index in [1.807, 2.05) is 0 Å². The van der Waals surface area contributed by atoms with Crippen molar-refractivity contribution in [2.45, 2.75) is 22.1 Å². The Kier molecular flexibility index (Phi) is 4.20. The molecule has 0 spiro atoms. The number of hydrogen-bond acceptors (Lipinski definition) is 5. The van der Waals surface area contributed by atoms with Crippen LogP contribution in [0.15, 0.2) is 0 Å². The Labute approximate surface area is 130 Å². The van der Waals surface area contributed by atoms with Crippen LogP contribution in [-0.4, -0.2) is 50.9 Å². The Hall–Kier alpha value is 0.120. The minimum Gasteiger partial charge on any atom is -0.461 e. The molecule has 0 aliphatic carbocycles. The summed E-state index contributed by atoms with van der Waals surface area (Å²) in [6.07, 6.45) is 0. The normalized spacial score (nSPS) is 34.6. The zero-order valence-electron chi connectivity index (χ0n) is 10.1. The van der Waals surface area contributed by atoms with Crippen molar-refractivity contribution >= 4 is 58.4 Å². The Morgan fingerprint density at radius 3 is 2.84 bits per heavy atom. The maximum Gasteiger partial charge on any atom is 0.314 e. The number of fused-ring (bicyclic) bond motifs is 1. The number of thioether (sulfide) groups is 1. The van der Waals surface area contributed by atoms with E-state index >= 15 is 0 Å². The van der Waals surface area contributed by atoms with Gasteiger partial charge in [-0.3, -0.25) is 9.59 Å². The molecule has 0 bridgehead atoms. The number of carbonyl (C=O) groups excluding carboxylic acids is 2. The van der Waals surface area contributed by atoms with Crippen LogP contribution in [0.1, 0.15) is 6.92 Å². The number of rotatable bonds is 2. The minimum atomic E-state index is -1.63. The van der Waals surface area contributed by atoms with Crippen molar-refractivity contribution in [3.8, 4) is 0 Å². The summed E-state index contributed by atoms with van der Waals surface area (Å²) in [7, 11) is 0. The molecule has 0 radical (unpaired) electrons. The third-order valence-corrected chi connectivity index (χ3v) is 5.15. The highest BCUT2D eigenvalue weighted by molar-refractivity contribution is 8.00. The van der Waals surface area contributed by atoms with E-state index in [1.165, 1.54) is 11.8 Å². The van der Waals surface area contributed by atoms with Gasteiger partial charge in [-0.05, 0) is 6.92 Å². The van der Waals surface area contributed by atoms with Crippen LogP contribution < -0.4 is 5.73 Å². The fourth-order valence-electron chi connectivity index (χ4n) is 2.05. The van der Waals surface area contributed by atoms with Gasteiger partial charge >= 0.3 is 5.97 Å². The molecule has 0 aromatic carbocycles. The number of halogens is 3. The number of β-lactam (4-membered cyclic amide) rings is 1. The first-order valence-corrected chi connectivity index (χ1v) is 7.74. The SMILES string of the molecule is CC1(C(=O)OCC(Cl)(Cl)Cl)CS[C@@H]2C(N)C(=O)N2C1. The molecule has 5 nitrogen and oxygen atoms in total. The van der Waals surface area contributed by atoms with E-state index in [1.54, 1.807) is 11.8 Å². The molecule has 0 aromatic heterocycles. The lowest BCUT2D eigenvalue weighted by molar-refractivity contribution is -0.160. The van der Waals surface area contributed by atoms with Gasteiger partial charge in [0.25, 0.3) is 0 Å². The molecule has 2 heterocycles. The molecule has 2 fully saturated rings. The summed E-state index contributed by atoms with van der Waals surface area (Å²) in [6, 6.07) is -0.466. The van der Waals surface area contributed by atoms with Gasteiger partial charge in [0.2, 0.25) is 9.70 Å². The molecule has 3 atom stereocenters. The molecule has 2 aliphatic rings. The van der Waals surface area contributed by atoms with Crippen LogP contribution in [0, 0.1) is 5.41 Å². The van der Waals surface area contributed by atoms with E-state index < -0.39 is 21.2 Å². The number of ether oxygens (including phenoxy) is 1. The molecular formula is C10H13Cl3N2O3S. The summed E-state index contributed by atoms with van der Waals surface area (Å²) in [5.41, 5.74) is 4.88. The third-order valence-electron chi connectivity index (χ3n) is 3.13. The van der Waals surface area contributed by atoms with Crippen LogP contribution in [0.2, 0.25) is 0 Å². The van der Waals surface area contributed by atoms with Gasteiger partial charge in [0.05, 0.1) is 5.41 Å². The van der Waals surface area contributed by atoms with Gasteiger partial charge in [-0.25, -0.2) is 0 Å². The number of amides is 1. The molecule has 9 heteroatoms. The molecule has 2 N–H and O–H groups in total. The molecule has 108 valence electrons. The van der Waals surface area contributed by atoms with Crippen LogP contribution in [-0.2, 0) is 14.3 Å². The monoisotopic (exact) mass is 346 g/mol. The van der Waals surface area contributed by atoms with Gasteiger partial charge in [-0.15, -0.1) is 11.8 Å². The average Bonchev–Trinajstić information content (AvgIpc) is 2.34. The van der Waals surface area contributed by atoms with Gasteiger partial charge in [0.1, 0.15) is 18.0 Å². The van der Waals surface area contributed by atoms with Crippen LogP contribution >= 0.6 is 46.6 Å². The topological polar surface area (TPSA) is 72.6 Å². The van der Waals surface area contributed by atoms with E-state index in [2.05, 4.69) is 0 Å². The second-order valence-corrected chi connectivity index (χ2v) is 8.57. The predicted octanol–water partition coefficient (Wildman–Crippen LogP) is 1.15. The van der Waals surface area contributed by atoms with Crippen molar-refractivity contribution < 1.29 is 14.3 Å². The van der Waals surface area contributed by atoms with Crippen LogP contribution in [0.3, 0.4) is 0 Å². The molecule has 2 rings (SSSR count). The van der Waals surface area contributed by atoms with Crippen molar-refractivity contribution in [2.24, 2.45) is 11.1 Å². The number of hydrogen-bond donors (Lipinski definition) is 1. The van der Waals surface area contributed by atoms with Crippen molar-refractivity contribution in [1.29, 1.82) is 0 Å². The Morgan fingerprint density at radius 2 is 2.26 bits per heavy atom. The van der Waals surface area contributed by atoms with E-state index in [0.717, 1.165) is 0 Å². The number of carbonyl (C=O) groups is 2. The van der Waals surface area contributed by atoms with Crippen molar-refractivity contribution in [2.75, 3.05) is 18.9 Å². The highest BCUT2D eigenvalue weighted by atomic mass is 35.6. The van der Waals surface area contributed by atoms with Crippen molar-refractivity contribution in [3.63, 3.8) is 0 Å². The van der Waals surface area contributed by atoms with Crippen LogP contribution in [0.5, 0.6) is 0 Å². The Bertz CT molecular complexity index is 417. The Morgan fingerprint density at radius 1 is 1.63 bits per heavy atom. The maximum absolute atomic E-state index is 12.1. The Balaban J connectivity index is 1.96. The summed E-state index contributed by atoms with van der Waals surface area (Å²) in [5, 5.41) is -0.0402. The van der Waals surface area contributed by atoms with E-state index in [9.17, 15) is 9.59 Å². The summed E-state index contributed by atoms with van der Waals surface area (Å²) in [6.45, 7) is 1.71. The molecule has 0 saturated carbocycles. The molecule has 2 saturated heterocycles. The minimum absolute atomic E-state index is 0.0402. The van der Waals surface area contributed by atoms with E-state index in [4.69, 9.17) is 45.3 Å². The fourth-order valence-corrected chi connectivity index (χ4v) is 3.64. The largest absolute Gasteiger partial charge is 0.461 e. The van der Waals surface area contributed by atoms with Gasteiger partial charge in [0.15, 0.2) is 0 Å². The number of alkyl halides is 3. The molecule has 2 aliphatic heterocycles. The third kappa shape index (κ3) is 3.08.